The van der Waals surface area contributed by atoms with E-state index < -0.39 is 35.2 Å². The number of nitrogens with one attached hydrogen (secondary N) is 2. The Morgan fingerprint density at radius 3 is 2.42 bits per heavy atom. The Balaban J connectivity index is 1.98. The minimum absolute atomic E-state index is 0.413. The minimum Gasteiger partial charge on any atom is -0.481 e. The summed E-state index contributed by atoms with van der Waals surface area (Å²) in [7, 11) is 0. The van der Waals surface area contributed by atoms with E-state index in [0.29, 0.717) is 5.75 Å². The molecule has 0 saturated heterocycles. The van der Waals surface area contributed by atoms with Crippen LogP contribution in [0.15, 0.2) is 53.0 Å². The average Bonchev–Trinajstić information content (AvgIpc) is 2.58. The number of ether oxygens (including phenoxy) is 1. The maximum absolute atomic E-state index is 12.9. The van der Waals surface area contributed by atoms with Gasteiger partial charge in [0.2, 0.25) is 0 Å². The van der Waals surface area contributed by atoms with Gasteiger partial charge in [-0.15, -0.1) is 0 Å². The highest BCUT2D eigenvalue weighted by Gasteiger charge is 2.35. The molecule has 1 unspecified atom stereocenters. The number of alkyl halides is 3. The molecule has 2 aromatic rings. The summed E-state index contributed by atoms with van der Waals surface area (Å²) in [4.78, 5) is 23.9. The second-order valence-corrected chi connectivity index (χ2v) is 6.12. The topological polar surface area (TPSA) is 67.4 Å². The molecule has 0 aromatic heterocycles. The van der Waals surface area contributed by atoms with Crippen LogP contribution in [0.5, 0.6) is 5.75 Å². The van der Waals surface area contributed by atoms with Crippen molar-refractivity contribution in [3.05, 3.63) is 64.1 Å². The standard InChI is InChI=1S/C17H14BrF3N2O3/c1-10(26-12-6-4-5-11(18)9-12)15(24)22-23-16(25)13-7-2-3-8-14(13)17(19,20)21/h2-10H,1H3,(H,22,24)(H,23,25). The Morgan fingerprint density at radius 2 is 1.77 bits per heavy atom. The number of amides is 2. The molecule has 0 aliphatic rings. The molecule has 2 amide bonds. The Hall–Kier alpha value is -2.55. The number of carbonyl (C=O) groups is 2. The first kappa shape index (κ1) is 19.8. The van der Waals surface area contributed by atoms with Gasteiger partial charge in [0.25, 0.3) is 11.8 Å². The van der Waals surface area contributed by atoms with E-state index in [1.165, 1.54) is 19.1 Å². The fourth-order valence-electron chi connectivity index (χ4n) is 2.01. The first-order chi connectivity index (χ1) is 12.2. The lowest BCUT2D eigenvalue weighted by Gasteiger charge is -2.16. The molecule has 26 heavy (non-hydrogen) atoms. The van der Waals surface area contributed by atoms with E-state index in [2.05, 4.69) is 21.4 Å². The van der Waals surface area contributed by atoms with Gasteiger partial charge in [-0.3, -0.25) is 20.4 Å². The number of halogens is 4. The molecule has 0 heterocycles. The molecule has 138 valence electrons. The molecule has 1 atom stereocenters. The van der Waals surface area contributed by atoms with Crippen LogP contribution in [0, 0.1) is 0 Å². The lowest BCUT2D eigenvalue weighted by Crippen LogP contribution is -2.47. The molecular formula is C17H14BrF3N2O3. The van der Waals surface area contributed by atoms with Gasteiger partial charge in [0.1, 0.15) is 5.75 Å². The number of hydrogen-bond acceptors (Lipinski definition) is 3. The van der Waals surface area contributed by atoms with Crippen molar-refractivity contribution in [2.24, 2.45) is 0 Å². The molecule has 5 nitrogen and oxygen atoms in total. The summed E-state index contributed by atoms with van der Waals surface area (Å²) in [5.41, 5.74) is 2.32. The number of benzene rings is 2. The highest BCUT2D eigenvalue weighted by molar-refractivity contribution is 9.10. The maximum Gasteiger partial charge on any atom is 0.417 e. The van der Waals surface area contributed by atoms with Crippen LogP contribution < -0.4 is 15.6 Å². The predicted molar refractivity (Wildman–Crippen MR) is 91.3 cm³/mol. The van der Waals surface area contributed by atoms with Crippen molar-refractivity contribution in [3.8, 4) is 5.75 Å². The SMILES string of the molecule is CC(Oc1cccc(Br)c1)C(=O)NNC(=O)c1ccccc1C(F)(F)F. The molecule has 2 aromatic carbocycles. The van der Waals surface area contributed by atoms with Crippen LogP contribution in [-0.4, -0.2) is 17.9 Å². The summed E-state index contributed by atoms with van der Waals surface area (Å²) in [5, 5.41) is 0. The van der Waals surface area contributed by atoms with Crippen LogP contribution in [0.1, 0.15) is 22.8 Å². The molecule has 2 rings (SSSR count). The van der Waals surface area contributed by atoms with Gasteiger partial charge < -0.3 is 4.74 Å². The van der Waals surface area contributed by atoms with Gasteiger partial charge in [0.15, 0.2) is 6.10 Å². The number of rotatable bonds is 4. The highest BCUT2D eigenvalue weighted by Crippen LogP contribution is 2.31. The average molecular weight is 431 g/mol. The quantitative estimate of drug-likeness (QED) is 0.726. The van der Waals surface area contributed by atoms with Crippen LogP contribution >= 0.6 is 15.9 Å². The Bertz CT molecular complexity index is 812. The molecule has 9 heteroatoms. The number of hydrazine groups is 1. The third kappa shape index (κ3) is 5.22. The van der Waals surface area contributed by atoms with E-state index in [1.807, 2.05) is 5.43 Å². The fraction of sp³-hybridized carbons (Fsp3) is 0.176. The molecule has 0 bridgehead atoms. The summed E-state index contributed by atoms with van der Waals surface area (Å²) in [6.45, 7) is 1.44. The van der Waals surface area contributed by atoms with E-state index in [1.54, 1.807) is 24.3 Å². The van der Waals surface area contributed by atoms with Crippen LogP contribution in [-0.2, 0) is 11.0 Å². The molecule has 0 saturated carbocycles. The molecule has 0 spiro atoms. The maximum atomic E-state index is 12.9. The minimum atomic E-state index is -4.69. The first-order valence-electron chi connectivity index (χ1n) is 7.37. The van der Waals surface area contributed by atoms with Crippen molar-refractivity contribution in [2.75, 3.05) is 0 Å². The van der Waals surface area contributed by atoms with Crippen LogP contribution in [0.2, 0.25) is 0 Å². The largest absolute Gasteiger partial charge is 0.481 e. The summed E-state index contributed by atoms with van der Waals surface area (Å²) in [6, 6.07) is 11.0. The van der Waals surface area contributed by atoms with Gasteiger partial charge in [0, 0.05) is 4.47 Å². The predicted octanol–water partition coefficient (Wildman–Crippen LogP) is 3.70. The molecule has 0 radical (unpaired) electrons. The van der Waals surface area contributed by atoms with Gasteiger partial charge in [-0.05, 0) is 37.3 Å². The zero-order chi connectivity index (χ0) is 19.3. The monoisotopic (exact) mass is 430 g/mol. The highest BCUT2D eigenvalue weighted by atomic mass is 79.9. The third-order valence-electron chi connectivity index (χ3n) is 3.25. The molecule has 0 fully saturated rings. The molecule has 0 aliphatic heterocycles. The fourth-order valence-corrected chi connectivity index (χ4v) is 2.39. The lowest BCUT2D eigenvalue weighted by molar-refractivity contribution is -0.137. The molecule has 2 N–H and O–H groups in total. The Labute approximate surface area is 155 Å². The first-order valence-corrected chi connectivity index (χ1v) is 8.16. The smallest absolute Gasteiger partial charge is 0.417 e. The summed E-state index contributed by atoms with van der Waals surface area (Å²) < 4.78 is 44.9. The van der Waals surface area contributed by atoms with Gasteiger partial charge in [-0.1, -0.05) is 34.1 Å². The van der Waals surface area contributed by atoms with Gasteiger partial charge in [-0.2, -0.15) is 13.2 Å². The van der Waals surface area contributed by atoms with E-state index in [-0.39, 0.29) is 0 Å². The van der Waals surface area contributed by atoms with E-state index in [9.17, 15) is 22.8 Å². The Morgan fingerprint density at radius 1 is 1.08 bits per heavy atom. The van der Waals surface area contributed by atoms with Crippen LogP contribution in [0.4, 0.5) is 13.2 Å². The van der Waals surface area contributed by atoms with Gasteiger partial charge in [0.05, 0.1) is 11.1 Å². The van der Waals surface area contributed by atoms with Crippen molar-refractivity contribution in [1.29, 1.82) is 0 Å². The number of carbonyl (C=O) groups excluding carboxylic acids is 2. The van der Waals surface area contributed by atoms with E-state index in [0.717, 1.165) is 16.6 Å². The van der Waals surface area contributed by atoms with E-state index >= 15 is 0 Å². The molecule has 0 aliphatic carbocycles. The second kappa shape index (κ2) is 8.22. The molecular weight excluding hydrogens is 417 g/mol. The van der Waals surface area contributed by atoms with Crippen LogP contribution in [0.3, 0.4) is 0 Å². The van der Waals surface area contributed by atoms with E-state index in [4.69, 9.17) is 4.74 Å². The summed E-state index contributed by atoms with van der Waals surface area (Å²) >= 11 is 3.26. The Kier molecular flexibility index (Phi) is 6.25. The van der Waals surface area contributed by atoms with Crippen molar-refractivity contribution in [2.45, 2.75) is 19.2 Å². The zero-order valence-corrected chi connectivity index (χ0v) is 15.0. The number of hydrogen-bond donors (Lipinski definition) is 2. The zero-order valence-electron chi connectivity index (χ0n) is 13.4. The van der Waals surface area contributed by atoms with Crippen LogP contribution in [0.25, 0.3) is 0 Å². The normalized spacial score (nSPS) is 12.2. The third-order valence-corrected chi connectivity index (χ3v) is 3.75. The van der Waals surface area contributed by atoms with Crippen molar-refractivity contribution in [1.82, 2.24) is 10.9 Å². The van der Waals surface area contributed by atoms with Crippen molar-refractivity contribution >= 4 is 27.7 Å². The van der Waals surface area contributed by atoms with Gasteiger partial charge in [-0.25, -0.2) is 0 Å². The summed E-state index contributed by atoms with van der Waals surface area (Å²) in [5.74, 6) is -1.39. The second-order valence-electron chi connectivity index (χ2n) is 5.20. The summed E-state index contributed by atoms with van der Waals surface area (Å²) in [6.07, 6.45) is -5.67. The van der Waals surface area contributed by atoms with Gasteiger partial charge >= 0.3 is 6.18 Å². The van der Waals surface area contributed by atoms with Crippen molar-refractivity contribution < 1.29 is 27.5 Å². The van der Waals surface area contributed by atoms with Crippen molar-refractivity contribution in [3.63, 3.8) is 0 Å². The lowest BCUT2D eigenvalue weighted by atomic mass is 10.1.